The molecule has 3 N–H and O–H groups in total. The zero-order valence-electron chi connectivity index (χ0n) is 56.7. The Balaban J connectivity index is 5.26. The molecule has 518 valence electrons. The van der Waals surface area contributed by atoms with E-state index in [1.54, 1.807) is 0 Å². The zero-order chi connectivity index (χ0) is 65.2. The van der Waals surface area contributed by atoms with Gasteiger partial charge in [0, 0.05) is 25.7 Å². The second kappa shape index (κ2) is 59.5. The summed E-state index contributed by atoms with van der Waals surface area (Å²) in [6.07, 6.45) is 45.5. The average molecular weight is 1290 g/mol. The van der Waals surface area contributed by atoms with Gasteiger partial charge in [-0.15, -0.1) is 0 Å². The van der Waals surface area contributed by atoms with Gasteiger partial charge in [-0.25, -0.2) is 9.13 Å². The van der Waals surface area contributed by atoms with Crippen molar-refractivity contribution in [3.63, 3.8) is 0 Å². The van der Waals surface area contributed by atoms with E-state index in [1.807, 2.05) is 0 Å². The summed E-state index contributed by atoms with van der Waals surface area (Å²) in [7, 11) is -9.91. The number of phosphoric acid groups is 2. The van der Waals surface area contributed by atoms with Crippen LogP contribution < -0.4 is 0 Å². The summed E-state index contributed by atoms with van der Waals surface area (Å²) in [6.45, 7) is 11.6. The number of aliphatic hydroxyl groups excluding tert-OH is 1. The number of esters is 4. The van der Waals surface area contributed by atoms with Gasteiger partial charge in [0.25, 0.3) is 0 Å². The minimum atomic E-state index is -4.96. The summed E-state index contributed by atoms with van der Waals surface area (Å²) in [5.41, 5.74) is 0. The summed E-state index contributed by atoms with van der Waals surface area (Å²) in [5, 5.41) is 10.6. The van der Waals surface area contributed by atoms with Crippen LogP contribution in [0.4, 0.5) is 0 Å². The molecule has 0 aromatic rings. The van der Waals surface area contributed by atoms with Crippen LogP contribution in [-0.4, -0.2) is 96.7 Å². The fraction of sp³-hybridized carbons (Fsp3) is 0.884. The fourth-order valence-electron chi connectivity index (χ4n) is 9.82. The Labute approximate surface area is 535 Å². The number of allylic oxidation sites excluding steroid dienone is 4. The smallest absolute Gasteiger partial charge is 0.462 e. The monoisotopic (exact) mass is 1290 g/mol. The zero-order valence-corrected chi connectivity index (χ0v) is 58.5. The predicted molar refractivity (Wildman–Crippen MR) is 354 cm³/mol. The van der Waals surface area contributed by atoms with E-state index in [0.717, 1.165) is 115 Å². The number of carbonyl (C=O) groups is 4. The van der Waals surface area contributed by atoms with E-state index in [1.165, 1.54) is 109 Å². The van der Waals surface area contributed by atoms with Gasteiger partial charge < -0.3 is 33.8 Å². The molecule has 0 heterocycles. The van der Waals surface area contributed by atoms with Gasteiger partial charge in [0.1, 0.15) is 19.3 Å². The molecule has 5 atom stereocenters. The van der Waals surface area contributed by atoms with Crippen LogP contribution in [0.1, 0.15) is 318 Å². The molecular weight excluding hydrogens is 1160 g/mol. The molecule has 2 unspecified atom stereocenters. The normalized spacial score (nSPS) is 14.4. The van der Waals surface area contributed by atoms with E-state index in [2.05, 4.69) is 72.8 Å². The highest BCUT2D eigenvalue weighted by Gasteiger charge is 2.30. The quantitative estimate of drug-likeness (QED) is 0.0169. The third-order valence-corrected chi connectivity index (χ3v) is 17.2. The number of phosphoric ester groups is 2. The molecule has 0 rings (SSSR count). The molecule has 0 saturated carbocycles. The first kappa shape index (κ1) is 85.5. The van der Waals surface area contributed by atoms with Crippen molar-refractivity contribution in [1.29, 1.82) is 0 Å². The molecule has 0 bridgehead atoms. The maximum Gasteiger partial charge on any atom is 0.472 e. The SMILES string of the molecule is CCCCCC/C=C\C=C/CCCCCCCC(=O)O[C@H](COC(=O)CCCCCCCCC(C)C)COP(=O)(O)OC[C@H](O)COP(=O)(O)OC[C@@H](COC(=O)CCCCCCCCCCCCCC(C)C)OC(=O)CCCCCCCCCC(C)C. The molecule has 0 aromatic carbocycles. The van der Waals surface area contributed by atoms with Crippen molar-refractivity contribution in [2.75, 3.05) is 39.6 Å². The molecule has 0 aromatic heterocycles. The maximum absolute atomic E-state index is 13.0. The Morgan fingerprint density at radius 3 is 0.920 bits per heavy atom. The Hall–Kier alpha value is -2.46. The van der Waals surface area contributed by atoms with Crippen molar-refractivity contribution in [3.8, 4) is 0 Å². The lowest BCUT2D eigenvalue weighted by molar-refractivity contribution is -0.161. The number of aliphatic hydroxyl groups is 1. The van der Waals surface area contributed by atoms with Gasteiger partial charge in [-0.3, -0.25) is 37.3 Å². The van der Waals surface area contributed by atoms with Gasteiger partial charge in [0.2, 0.25) is 0 Å². The van der Waals surface area contributed by atoms with E-state index in [0.29, 0.717) is 37.5 Å². The van der Waals surface area contributed by atoms with Crippen LogP contribution in [0, 0.1) is 17.8 Å². The second-order valence-electron chi connectivity index (χ2n) is 25.7. The lowest BCUT2D eigenvalue weighted by atomic mass is 10.0. The molecule has 0 aliphatic rings. The molecule has 17 nitrogen and oxygen atoms in total. The van der Waals surface area contributed by atoms with Crippen molar-refractivity contribution in [2.45, 2.75) is 336 Å². The fourth-order valence-corrected chi connectivity index (χ4v) is 11.4. The Kier molecular flexibility index (Phi) is 57.9. The third-order valence-electron chi connectivity index (χ3n) is 15.3. The number of unbranched alkanes of at least 4 members (excludes halogenated alkanes) is 30. The number of hydrogen-bond acceptors (Lipinski definition) is 15. The van der Waals surface area contributed by atoms with Gasteiger partial charge in [0.05, 0.1) is 26.4 Å². The van der Waals surface area contributed by atoms with Crippen molar-refractivity contribution in [3.05, 3.63) is 24.3 Å². The predicted octanol–water partition coefficient (Wildman–Crippen LogP) is 19.0. The summed E-state index contributed by atoms with van der Waals surface area (Å²) in [6, 6.07) is 0. The third kappa shape index (κ3) is 62.4. The highest BCUT2D eigenvalue weighted by molar-refractivity contribution is 7.47. The summed E-state index contributed by atoms with van der Waals surface area (Å²) < 4.78 is 68.1. The first-order chi connectivity index (χ1) is 42.2. The molecule has 0 aliphatic carbocycles. The number of carbonyl (C=O) groups excluding carboxylic acids is 4. The molecule has 19 heteroatoms. The Bertz CT molecular complexity index is 1830. The minimum Gasteiger partial charge on any atom is -0.462 e. The van der Waals surface area contributed by atoms with Crippen molar-refractivity contribution in [1.82, 2.24) is 0 Å². The van der Waals surface area contributed by atoms with E-state index >= 15 is 0 Å². The topological polar surface area (TPSA) is 237 Å². The number of rotatable bonds is 65. The van der Waals surface area contributed by atoms with E-state index in [9.17, 15) is 43.2 Å². The summed E-state index contributed by atoms with van der Waals surface area (Å²) in [4.78, 5) is 72.4. The first-order valence-corrected chi connectivity index (χ1v) is 38.2. The van der Waals surface area contributed by atoms with Crippen LogP contribution in [0.5, 0.6) is 0 Å². The lowest BCUT2D eigenvalue weighted by Gasteiger charge is -2.21. The summed E-state index contributed by atoms with van der Waals surface area (Å²) >= 11 is 0. The molecule has 0 saturated heterocycles. The highest BCUT2D eigenvalue weighted by atomic mass is 31.2. The van der Waals surface area contributed by atoms with E-state index in [4.69, 9.17) is 37.0 Å². The van der Waals surface area contributed by atoms with Crippen molar-refractivity contribution in [2.24, 2.45) is 17.8 Å². The standard InChI is InChI=1S/C69H130O17P2/c1-8-9-10-11-12-13-14-15-16-17-20-24-29-38-45-52-68(73)85-65(57-80-67(72)51-44-37-32-31-35-42-49-62(6)7)59-84-88(77,78)82-55-63(70)54-81-87(75,76)83-58-64(86-69(74)53-46-39-30-25-27-34-41-48-61(4)5)56-79-66(71)50-43-36-28-23-21-18-19-22-26-33-40-47-60(2)3/h13-16,60-65,70H,8-12,17-59H2,1-7H3,(H,75,76)(H,77,78)/b14-13-,16-15-/t63-,64-,65-/m1/s1. The molecule has 0 fully saturated rings. The Morgan fingerprint density at radius 2 is 0.614 bits per heavy atom. The molecule has 0 radical (unpaired) electrons. The molecular formula is C69H130O17P2. The molecule has 0 aliphatic heterocycles. The van der Waals surface area contributed by atoms with E-state index in [-0.39, 0.29) is 25.7 Å². The highest BCUT2D eigenvalue weighted by Crippen LogP contribution is 2.45. The van der Waals surface area contributed by atoms with Gasteiger partial charge in [-0.05, 0) is 69.1 Å². The largest absolute Gasteiger partial charge is 0.472 e. The average Bonchev–Trinajstić information content (AvgIpc) is 3.56. The minimum absolute atomic E-state index is 0.0834. The van der Waals surface area contributed by atoms with Gasteiger partial charge in [-0.1, -0.05) is 265 Å². The van der Waals surface area contributed by atoms with Gasteiger partial charge in [-0.2, -0.15) is 0 Å². The van der Waals surface area contributed by atoms with Crippen molar-refractivity contribution < 1.29 is 80.2 Å². The first-order valence-electron chi connectivity index (χ1n) is 35.2. The van der Waals surface area contributed by atoms with Crippen LogP contribution >= 0.6 is 15.6 Å². The van der Waals surface area contributed by atoms with Gasteiger partial charge >= 0.3 is 39.5 Å². The molecule has 0 amide bonds. The van der Waals surface area contributed by atoms with Crippen LogP contribution in [0.2, 0.25) is 0 Å². The Morgan fingerprint density at radius 1 is 0.352 bits per heavy atom. The van der Waals surface area contributed by atoms with Crippen LogP contribution in [0.3, 0.4) is 0 Å². The van der Waals surface area contributed by atoms with Gasteiger partial charge in [0.15, 0.2) is 12.2 Å². The van der Waals surface area contributed by atoms with Crippen LogP contribution in [-0.2, 0) is 65.4 Å². The van der Waals surface area contributed by atoms with Crippen molar-refractivity contribution >= 4 is 39.5 Å². The van der Waals surface area contributed by atoms with Crippen LogP contribution in [0.25, 0.3) is 0 Å². The van der Waals surface area contributed by atoms with Crippen LogP contribution in [0.15, 0.2) is 24.3 Å². The molecule has 88 heavy (non-hydrogen) atoms. The molecule has 0 spiro atoms. The second-order valence-corrected chi connectivity index (χ2v) is 28.6. The maximum atomic E-state index is 13.0. The lowest BCUT2D eigenvalue weighted by Crippen LogP contribution is -2.30. The summed E-state index contributed by atoms with van der Waals surface area (Å²) in [5.74, 6) is -0.0235. The number of hydrogen-bond donors (Lipinski definition) is 3. The van der Waals surface area contributed by atoms with E-state index < -0.39 is 97.5 Å². The number of ether oxygens (including phenoxy) is 4.